The van der Waals surface area contributed by atoms with Gasteiger partial charge in [0, 0.05) is 23.5 Å². The van der Waals surface area contributed by atoms with E-state index in [9.17, 15) is 9.18 Å². The zero-order valence-corrected chi connectivity index (χ0v) is 13.7. The van der Waals surface area contributed by atoms with E-state index in [2.05, 4.69) is 10.6 Å². The van der Waals surface area contributed by atoms with E-state index in [1.54, 1.807) is 30.3 Å². The van der Waals surface area contributed by atoms with Crippen molar-refractivity contribution in [3.8, 4) is 6.07 Å². The van der Waals surface area contributed by atoms with Crippen molar-refractivity contribution < 1.29 is 9.18 Å². The number of carbonyl (C=O) groups excluding carboxylic acids is 1. The van der Waals surface area contributed by atoms with Crippen LogP contribution in [-0.2, 0) is 11.3 Å². The third-order valence-corrected chi connectivity index (χ3v) is 3.67. The summed E-state index contributed by atoms with van der Waals surface area (Å²) in [7, 11) is 0. The summed E-state index contributed by atoms with van der Waals surface area (Å²) in [4.78, 5) is 12.1. The fourth-order valence-electron chi connectivity index (χ4n) is 1.89. The van der Waals surface area contributed by atoms with E-state index >= 15 is 0 Å². The quantitative estimate of drug-likeness (QED) is 0.638. The predicted octanol–water partition coefficient (Wildman–Crippen LogP) is 3.92. The number of nitrogens with one attached hydrogen (secondary N) is 2. The molecule has 0 saturated carbocycles. The van der Waals surface area contributed by atoms with Crippen molar-refractivity contribution in [3.05, 3.63) is 76.2 Å². The normalized spacial score (nSPS) is 10.8. The molecule has 0 aliphatic rings. The van der Waals surface area contributed by atoms with Crippen molar-refractivity contribution >= 4 is 23.2 Å². The lowest BCUT2D eigenvalue weighted by Gasteiger charge is -2.07. The summed E-state index contributed by atoms with van der Waals surface area (Å²) in [5.74, 6) is -0.854. The molecule has 0 unspecified atom stereocenters. The minimum absolute atomic E-state index is 0.0752. The van der Waals surface area contributed by atoms with Gasteiger partial charge in [-0.2, -0.15) is 5.26 Å². The molecule has 0 spiro atoms. The topological polar surface area (TPSA) is 64.9 Å². The molecule has 0 atom stereocenters. The molecule has 122 valence electrons. The van der Waals surface area contributed by atoms with Crippen LogP contribution in [0.4, 0.5) is 10.1 Å². The molecule has 0 heterocycles. The second kappa shape index (κ2) is 8.14. The maximum atomic E-state index is 12.8. The molecule has 0 bridgehead atoms. The van der Waals surface area contributed by atoms with Crippen molar-refractivity contribution in [2.45, 2.75) is 13.5 Å². The Morgan fingerprint density at radius 1 is 1.29 bits per heavy atom. The summed E-state index contributed by atoms with van der Waals surface area (Å²) in [6.45, 7) is 2.23. The molecule has 2 rings (SSSR count). The number of nitriles is 1. The maximum absolute atomic E-state index is 12.8. The highest BCUT2D eigenvalue weighted by atomic mass is 35.5. The van der Waals surface area contributed by atoms with Gasteiger partial charge in [0.05, 0.1) is 0 Å². The second-order valence-corrected chi connectivity index (χ2v) is 5.50. The van der Waals surface area contributed by atoms with Gasteiger partial charge in [0.25, 0.3) is 5.91 Å². The Bertz CT molecular complexity index is 810. The first-order chi connectivity index (χ1) is 11.5. The van der Waals surface area contributed by atoms with Crippen LogP contribution in [0.25, 0.3) is 0 Å². The lowest BCUT2D eigenvalue weighted by atomic mass is 10.2. The summed E-state index contributed by atoms with van der Waals surface area (Å²) in [6.07, 6.45) is 1.33. The summed E-state index contributed by atoms with van der Waals surface area (Å²) in [6, 6.07) is 12.9. The summed E-state index contributed by atoms with van der Waals surface area (Å²) in [5, 5.41) is 15.1. The van der Waals surface area contributed by atoms with E-state index in [-0.39, 0.29) is 11.4 Å². The van der Waals surface area contributed by atoms with Crippen molar-refractivity contribution in [3.63, 3.8) is 0 Å². The minimum Gasteiger partial charge on any atom is -0.386 e. The number of carbonyl (C=O) groups is 1. The molecule has 0 radical (unpaired) electrons. The Morgan fingerprint density at radius 2 is 2.00 bits per heavy atom. The maximum Gasteiger partial charge on any atom is 0.267 e. The SMILES string of the molecule is Cc1ccc(NC(=O)/C(C#N)=C\NCc2ccc(F)cc2)cc1Cl. The number of amides is 1. The first-order valence-electron chi connectivity index (χ1n) is 7.15. The molecule has 6 heteroatoms. The lowest BCUT2D eigenvalue weighted by Crippen LogP contribution is -2.16. The van der Waals surface area contributed by atoms with E-state index in [1.165, 1.54) is 18.3 Å². The first kappa shape index (κ1) is 17.5. The van der Waals surface area contributed by atoms with Crippen LogP contribution in [0.15, 0.2) is 54.2 Å². The molecule has 24 heavy (non-hydrogen) atoms. The largest absolute Gasteiger partial charge is 0.386 e. The van der Waals surface area contributed by atoms with Gasteiger partial charge in [0.2, 0.25) is 0 Å². The summed E-state index contributed by atoms with van der Waals surface area (Å²) in [5.41, 5.74) is 2.16. The highest BCUT2D eigenvalue weighted by Gasteiger charge is 2.09. The molecule has 0 aliphatic heterocycles. The van der Waals surface area contributed by atoms with Gasteiger partial charge in [-0.05, 0) is 42.3 Å². The zero-order valence-electron chi connectivity index (χ0n) is 12.9. The molecule has 0 aliphatic carbocycles. The van der Waals surface area contributed by atoms with Gasteiger partial charge in [-0.25, -0.2) is 4.39 Å². The van der Waals surface area contributed by atoms with Crippen molar-refractivity contribution in [2.24, 2.45) is 0 Å². The van der Waals surface area contributed by atoms with Crippen LogP contribution in [0.2, 0.25) is 5.02 Å². The van der Waals surface area contributed by atoms with Gasteiger partial charge in [-0.1, -0.05) is 29.8 Å². The molecule has 0 aromatic heterocycles. The van der Waals surface area contributed by atoms with E-state index in [1.807, 2.05) is 13.0 Å². The Labute approximate surface area is 144 Å². The van der Waals surface area contributed by atoms with Crippen LogP contribution >= 0.6 is 11.6 Å². The lowest BCUT2D eigenvalue weighted by molar-refractivity contribution is -0.112. The number of nitrogens with zero attached hydrogens (tertiary/aromatic N) is 1. The number of anilines is 1. The van der Waals surface area contributed by atoms with Gasteiger partial charge >= 0.3 is 0 Å². The number of halogens is 2. The summed E-state index contributed by atoms with van der Waals surface area (Å²) >= 11 is 6.00. The molecule has 1 amide bonds. The van der Waals surface area contributed by atoms with E-state index < -0.39 is 5.91 Å². The number of hydrogen-bond donors (Lipinski definition) is 2. The third-order valence-electron chi connectivity index (χ3n) is 3.26. The Morgan fingerprint density at radius 3 is 2.62 bits per heavy atom. The molecule has 4 nitrogen and oxygen atoms in total. The number of rotatable bonds is 5. The van der Waals surface area contributed by atoms with E-state index in [0.29, 0.717) is 17.3 Å². The molecule has 0 saturated heterocycles. The Balaban J connectivity index is 1.98. The predicted molar refractivity (Wildman–Crippen MR) is 91.8 cm³/mol. The molecule has 2 aromatic carbocycles. The van der Waals surface area contributed by atoms with Gasteiger partial charge in [-0.3, -0.25) is 4.79 Å². The average molecular weight is 344 g/mol. The van der Waals surface area contributed by atoms with Crippen LogP contribution in [0.3, 0.4) is 0 Å². The van der Waals surface area contributed by atoms with Gasteiger partial charge in [0.1, 0.15) is 17.5 Å². The van der Waals surface area contributed by atoms with Crippen LogP contribution in [0.1, 0.15) is 11.1 Å². The van der Waals surface area contributed by atoms with Gasteiger partial charge in [0.15, 0.2) is 0 Å². The molecule has 2 N–H and O–H groups in total. The van der Waals surface area contributed by atoms with Gasteiger partial charge < -0.3 is 10.6 Å². The monoisotopic (exact) mass is 343 g/mol. The van der Waals surface area contributed by atoms with Crippen LogP contribution in [0, 0.1) is 24.1 Å². The second-order valence-electron chi connectivity index (χ2n) is 5.10. The molecular weight excluding hydrogens is 329 g/mol. The van der Waals surface area contributed by atoms with Crippen molar-refractivity contribution in [1.29, 1.82) is 5.26 Å². The highest BCUT2D eigenvalue weighted by molar-refractivity contribution is 6.31. The third kappa shape index (κ3) is 4.83. The highest BCUT2D eigenvalue weighted by Crippen LogP contribution is 2.20. The molecular formula is C18H15ClFN3O. The Kier molecular flexibility index (Phi) is 5.94. The minimum atomic E-state index is -0.538. The zero-order chi connectivity index (χ0) is 17.5. The fourth-order valence-corrected chi connectivity index (χ4v) is 2.07. The smallest absolute Gasteiger partial charge is 0.267 e. The standard InChI is InChI=1S/C18H15ClFN3O/c1-12-2-7-16(8-17(12)19)23-18(24)14(9-21)11-22-10-13-3-5-15(20)6-4-13/h2-8,11,22H,10H2,1H3,(H,23,24)/b14-11-. The van der Waals surface area contributed by atoms with Crippen LogP contribution in [0.5, 0.6) is 0 Å². The number of benzene rings is 2. The first-order valence-corrected chi connectivity index (χ1v) is 7.53. The average Bonchev–Trinajstić information content (AvgIpc) is 2.56. The van der Waals surface area contributed by atoms with Crippen LogP contribution < -0.4 is 10.6 Å². The van der Waals surface area contributed by atoms with Gasteiger partial charge in [-0.15, -0.1) is 0 Å². The van der Waals surface area contributed by atoms with Crippen molar-refractivity contribution in [2.75, 3.05) is 5.32 Å². The fraction of sp³-hybridized carbons (Fsp3) is 0.111. The summed E-state index contributed by atoms with van der Waals surface area (Å²) < 4.78 is 12.8. The van der Waals surface area contributed by atoms with Crippen molar-refractivity contribution in [1.82, 2.24) is 5.32 Å². The van der Waals surface area contributed by atoms with E-state index in [0.717, 1.165) is 11.1 Å². The number of aryl methyl sites for hydroxylation is 1. The van der Waals surface area contributed by atoms with E-state index in [4.69, 9.17) is 16.9 Å². The molecule has 0 fully saturated rings. The van der Waals surface area contributed by atoms with Crippen LogP contribution in [-0.4, -0.2) is 5.91 Å². The Hall–Kier alpha value is -2.84. The molecule has 2 aromatic rings. The number of hydrogen-bond acceptors (Lipinski definition) is 3.